The lowest BCUT2D eigenvalue weighted by atomic mass is 9.94. The first-order valence-corrected chi connectivity index (χ1v) is 7.21. The van der Waals surface area contributed by atoms with E-state index in [1.165, 1.54) is 0 Å². The number of benzene rings is 1. The number of nitriles is 1. The average Bonchev–Trinajstić information content (AvgIpc) is 2.94. The van der Waals surface area contributed by atoms with E-state index in [-0.39, 0.29) is 11.1 Å². The van der Waals surface area contributed by atoms with Crippen molar-refractivity contribution in [2.45, 2.75) is 0 Å². The molecule has 1 aromatic carbocycles. The maximum Gasteiger partial charge on any atom is 0.131 e. The first-order chi connectivity index (χ1) is 11.7. The van der Waals surface area contributed by atoms with Crippen LogP contribution < -0.4 is 0 Å². The highest BCUT2D eigenvalue weighted by Crippen LogP contribution is 2.45. The van der Waals surface area contributed by atoms with Crippen LogP contribution in [0.25, 0.3) is 22.5 Å². The third kappa shape index (κ3) is 2.01. The van der Waals surface area contributed by atoms with Crippen molar-refractivity contribution in [3.8, 4) is 17.5 Å². The Balaban J connectivity index is 2.12. The van der Waals surface area contributed by atoms with Gasteiger partial charge in [0.25, 0.3) is 0 Å². The molecule has 1 aliphatic carbocycles. The molecule has 5 heteroatoms. The minimum Gasteiger partial charge on any atom is -0.254 e. The van der Waals surface area contributed by atoms with E-state index in [0.29, 0.717) is 28.1 Å². The van der Waals surface area contributed by atoms with Crippen LogP contribution in [-0.2, 0) is 0 Å². The summed E-state index contributed by atoms with van der Waals surface area (Å²) in [6.07, 6.45) is 3.27. The fourth-order valence-corrected chi connectivity index (χ4v) is 2.95. The molecule has 0 bridgehead atoms. The molecule has 0 aliphatic heterocycles. The standard InChI is InChI=1S/C19H9F2N3/c20-11-5-6-16(21)14(9-11)15(10-22)17-12-3-1-7-23-18(12)19-13(17)4-2-8-24-19/h1-9H. The molecular formula is C19H9F2N3. The summed E-state index contributed by atoms with van der Waals surface area (Å²) in [5.74, 6) is -1.25. The van der Waals surface area contributed by atoms with Crippen molar-refractivity contribution < 1.29 is 8.78 Å². The van der Waals surface area contributed by atoms with Crippen molar-refractivity contribution in [2.24, 2.45) is 0 Å². The molecule has 0 spiro atoms. The van der Waals surface area contributed by atoms with Crippen molar-refractivity contribution in [1.29, 1.82) is 5.26 Å². The summed E-state index contributed by atoms with van der Waals surface area (Å²) in [5, 5.41) is 9.67. The molecule has 0 atom stereocenters. The van der Waals surface area contributed by atoms with Gasteiger partial charge in [-0.25, -0.2) is 8.78 Å². The maximum atomic E-state index is 14.2. The Kier molecular flexibility index (Phi) is 3.17. The Morgan fingerprint density at radius 3 is 2.12 bits per heavy atom. The number of aromatic nitrogens is 2. The second kappa shape index (κ2) is 5.36. The highest BCUT2D eigenvalue weighted by atomic mass is 19.1. The lowest BCUT2D eigenvalue weighted by Gasteiger charge is -2.08. The summed E-state index contributed by atoms with van der Waals surface area (Å²) in [6, 6.07) is 12.2. The molecule has 3 aromatic rings. The van der Waals surface area contributed by atoms with Crippen LogP contribution >= 0.6 is 0 Å². The van der Waals surface area contributed by atoms with Gasteiger partial charge >= 0.3 is 0 Å². The Bertz CT molecular complexity index is 1000. The summed E-state index contributed by atoms with van der Waals surface area (Å²) in [5.41, 5.74) is 3.15. The van der Waals surface area contributed by atoms with E-state index in [4.69, 9.17) is 0 Å². The lowest BCUT2D eigenvalue weighted by molar-refractivity contribution is 0.597. The second-order valence-corrected chi connectivity index (χ2v) is 5.29. The molecule has 0 saturated carbocycles. The van der Waals surface area contributed by atoms with Crippen molar-refractivity contribution >= 4 is 11.1 Å². The van der Waals surface area contributed by atoms with Gasteiger partial charge in [-0.15, -0.1) is 0 Å². The normalized spacial score (nSPS) is 11.6. The van der Waals surface area contributed by atoms with Crippen LogP contribution in [0.4, 0.5) is 8.78 Å². The highest BCUT2D eigenvalue weighted by Gasteiger charge is 2.29. The van der Waals surface area contributed by atoms with Gasteiger partial charge < -0.3 is 0 Å². The van der Waals surface area contributed by atoms with E-state index in [2.05, 4.69) is 9.97 Å². The zero-order valence-electron chi connectivity index (χ0n) is 12.3. The van der Waals surface area contributed by atoms with Gasteiger partial charge in [0.2, 0.25) is 0 Å². The second-order valence-electron chi connectivity index (χ2n) is 5.29. The predicted octanol–water partition coefficient (Wildman–Crippen LogP) is 4.22. The van der Waals surface area contributed by atoms with Crippen LogP contribution in [0.5, 0.6) is 0 Å². The van der Waals surface area contributed by atoms with Gasteiger partial charge in [0.05, 0.1) is 17.0 Å². The number of halogens is 2. The van der Waals surface area contributed by atoms with Crippen molar-refractivity contribution in [3.63, 3.8) is 0 Å². The van der Waals surface area contributed by atoms with Crippen LogP contribution in [0, 0.1) is 23.0 Å². The molecule has 0 fully saturated rings. The SMILES string of the molecule is N#CC(=C1c2cccnc2-c2ncccc21)c1cc(F)ccc1F. The molecule has 2 aromatic heterocycles. The third-order valence-electron chi connectivity index (χ3n) is 3.94. The third-order valence-corrected chi connectivity index (χ3v) is 3.94. The Hall–Kier alpha value is -3.39. The molecule has 114 valence electrons. The molecule has 0 radical (unpaired) electrons. The zero-order valence-corrected chi connectivity index (χ0v) is 12.3. The molecule has 0 amide bonds. The molecule has 0 N–H and O–H groups in total. The van der Waals surface area contributed by atoms with Gasteiger partial charge in [0.1, 0.15) is 17.7 Å². The summed E-state index contributed by atoms with van der Waals surface area (Å²) in [7, 11) is 0. The van der Waals surface area contributed by atoms with E-state index in [1.807, 2.05) is 6.07 Å². The predicted molar refractivity (Wildman–Crippen MR) is 85.4 cm³/mol. The molecule has 24 heavy (non-hydrogen) atoms. The molecule has 2 heterocycles. The number of hydrogen-bond acceptors (Lipinski definition) is 3. The van der Waals surface area contributed by atoms with Gasteiger partial charge in [-0.2, -0.15) is 5.26 Å². The van der Waals surface area contributed by atoms with E-state index >= 15 is 0 Å². The Labute approximate surface area is 136 Å². The minimum atomic E-state index is -0.650. The van der Waals surface area contributed by atoms with Crippen LogP contribution in [0.3, 0.4) is 0 Å². The Morgan fingerprint density at radius 2 is 1.54 bits per heavy atom. The first-order valence-electron chi connectivity index (χ1n) is 7.21. The van der Waals surface area contributed by atoms with Crippen LogP contribution in [0.2, 0.25) is 0 Å². The number of rotatable bonds is 1. The summed E-state index contributed by atoms with van der Waals surface area (Å²) in [4.78, 5) is 8.65. The number of nitrogens with zero attached hydrogens (tertiary/aromatic N) is 3. The molecule has 0 unspecified atom stereocenters. The van der Waals surface area contributed by atoms with Crippen LogP contribution in [0.15, 0.2) is 54.9 Å². The van der Waals surface area contributed by atoms with Gasteiger partial charge in [-0.05, 0) is 30.3 Å². The topological polar surface area (TPSA) is 49.6 Å². The van der Waals surface area contributed by atoms with E-state index < -0.39 is 11.6 Å². The molecule has 3 nitrogen and oxygen atoms in total. The first kappa shape index (κ1) is 14.2. The zero-order chi connectivity index (χ0) is 16.7. The van der Waals surface area contributed by atoms with Gasteiger partial charge in [-0.1, -0.05) is 12.1 Å². The van der Waals surface area contributed by atoms with Gasteiger partial charge in [0.15, 0.2) is 0 Å². The van der Waals surface area contributed by atoms with Crippen LogP contribution in [-0.4, -0.2) is 9.97 Å². The molecular weight excluding hydrogens is 308 g/mol. The van der Waals surface area contributed by atoms with Gasteiger partial charge in [0, 0.05) is 34.7 Å². The summed E-state index contributed by atoms with van der Waals surface area (Å²) >= 11 is 0. The number of hydrogen-bond donors (Lipinski definition) is 0. The fraction of sp³-hybridized carbons (Fsp3) is 0. The molecule has 4 rings (SSSR count). The molecule has 0 saturated heterocycles. The Morgan fingerprint density at radius 1 is 0.917 bits per heavy atom. The smallest absolute Gasteiger partial charge is 0.131 e. The minimum absolute atomic E-state index is 0.0630. The van der Waals surface area contributed by atoms with Gasteiger partial charge in [-0.3, -0.25) is 9.97 Å². The number of fused-ring (bicyclic) bond motifs is 3. The lowest BCUT2D eigenvalue weighted by Crippen LogP contribution is -1.95. The van der Waals surface area contributed by atoms with E-state index in [1.54, 1.807) is 36.7 Å². The largest absolute Gasteiger partial charge is 0.254 e. The van der Waals surface area contributed by atoms with Crippen LogP contribution in [0.1, 0.15) is 16.7 Å². The quantitative estimate of drug-likeness (QED) is 0.494. The number of allylic oxidation sites excluding steroid dienone is 1. The maximum absolute atomic E-state index is 14.2. The van der Waals surface area contributed by atoms with Crippen molar-refractivity contribution in [1.82, 2.24) is 9.97 Å². The summed E-state index contributed by atoms with van der Waals surface area (Å²) < 4.78 is 27.8. The highest BCUT2D eigenvalue weighted by molar-refractivity contribution is 6.11. The van der Waals surface area contributed by atoms with Crippen molar-refractivity contribution in [3.05, 3.63) is 83.2 Å². The van der Waals surface area contributed by atoms with Crippen molar-refractivity contribution in [2.75, 3.05) is 0 Å². The van der Waals surface area contributed by atoms with E-state index in [9.17, 15) is 14.0 Å². The molecule has 1 aliphatic rings. The average molecular weight is 317 g/mol. The fourth-order valence-electron chi connectivity index (χ4n) is 2.95. The monoisotopic (exact) mass is 317 g/mol. The van der Waals surface area contributed by atoms with E-state index in [0.717, 1.165) is 18.2 Å². The summed E-state index contributed by atoms with van der Waals surface area (Å²) in [6.45, 7) is 0. The number of pyridine rings is 2.